The highest BCUT2D eigenvalue weighted by atomic mass is 19.4. The number of phenols is 1. The second kappa shape index (κ2) is 5.54. The van der Waals surface area contributed by atoms with Crippen LogP contribution in [0.4, 0.5) is 17.6 Å². The van der Waals surface area contributed by atoms with Crippen molar-refractivity contribution in [2.24, 2.45) is 11.8 Å². The van der Waals surface area contributed by atoms with Crippen LogP contribution >= 0.6 is 0 Å². The maximum atomic E-state index is 13.6. The van der Waals surface area contributed by atoms with Crippen molar-refractivity contribution in [3.8, 4) is 5.75 Å². The summed E-state index contributed by atoms with van der Waals surface area (Å²) in [5.41, 5.74) is -0.576. The minimum absolute atomic E-state index is 0.111. The molecule has 2 unspecified atom stereocenters. The van der Waals surface area contributed by atoms with Crippen molar-refractivity contribution in [1.29, 1.82) is 0 Å². The van der Waals surface area contributed by atoms with Gasteiger partial charge in [0.05, 0.1) is 5.92 Å². The lowest BCUT2D eigenvalue weighted by Gasteiger charge is -2.38. The van der Waals surface area contributed by atoms with Crippen LogP contribution in [0.3, 0.4) is 0 Å². The molecule has 1 amide bonds. The molecule has 1 aliphatic rings. The quantitative estimate of drug-likeness (QED) is 0.810. The van der Waals surface area contributed by atoms with E-state index in [1.54, 1.807) is 0 Å². The summed E-state index contributed by atoms with van der Waals surface area (Å²) in [7, 11) is 0. The van der Waals surface area contributed by atoms with E-state index in [4.69, 9.17) is 0 Å². The average molecular weight is 305 g/mol. The van der Waals surface area contributed by atoms with Gasteiger partial charge in [-0.15, -0.1) is 0 Å². The summed E-state index contributed by atoms with van der Waals surface area (Å²) < 4.78 is 52.4. The van der Waals surface area contributed by atoms with E-state index in [-0.39, 0.29) is 13.0 Å². The Morgan fingerprint density at radius 3 is 2.62 bits per heavy atom. The van der Waals surface area contributed by atoms with Crippen LogP contribution in [0.15, 0.2) is 18.2 Å². The van der Waals surface area contributed by atoms with Gasteiger partial charge in [0.25, 0.3) is 5.91 Å². The number of halogens is 4. The van der Waals surface area contributed by atoms with E-state index in [0.29, 0.717) is 0 Å². The molecule has 2 rings (SSSR count). The molecule has 0 aliphatic carbocycles. The van der Waals surface area contributed by atoms with Crippen molar-refractivity contribution in [3.05, 3.63) is 29.6 Å². The lowest BCUT2D eigenvalue weighted by Crippen LogP contribution is -2.48. The fraction of sp³-hybridized carbons (Fsp3) is 0.500. The third-order valence-corrected chi connectivity index (χ3v) is 3.87. The minimum atomic E-state index is -4.41. The van der Waals surface area contributed by atoms with Crippen molar-refractivity contribution >= 4 is 5.91 Å². The molecule has 3 nitrogen and oxygen atoms in total. The average Bonchev–Trinajstić information content (AvgIpc) is 2.37. The van der Waals surface area contributed by atoms with Crippen LogP contribution in [0.1, 0.15) is 23.7 Å². The Balaban J connectivity index is 2.24. The lowest BCUT2D eigenvalue weighted by molar-refractivity contribution is -0.196. The first-order valence-corrected chi connectivity index (χ1v) is 6.55. The number of rotatable bonds is 1. The number of benzene rings is 1. The lowest BCUT2D eigenvalue weighted by atomic mass is 9.86. The highest BCUT2D eigenvalue weighted by Gasteiger charge is 2.46. The van der Waals surface area contributed by atoms with Crippen LogP contribution in [0.2, 0.25) is 0 Å². The molecule has 0 spiro atoms. The van der Waals surface area contributed by atoms with Crippen LogP contribution in [0, 0.1) is 17.7 Å². The summed E-state index contributed by atoms with van der Waals surface area (Å²) in [6, 6.07) is 3.34. The van der Waals surface area contributed by atoms with Gasteiger partial charge in [-0.3, -0.25) is 4.79 Å². The van der Waals surface area contributed by atoms with Gasteiger partial charge in [0.2, 0.25) is 0 Å². The maximum absolute atomic E-state index is 13.6. The van der Waals surface area contributed by atoms with Crippen molar-refractivity contribution in [3.63, 3.8) is 0 Å². The predicted octanol–water partition coefficient (Wildman–Crippen LogP) is 3.19. The van der Waals surface area contributed by atoms with Gasteiger partial charge in [-0.05, 0) is 24.5 Å². The molecule has 1 aliphatic heterocycles. The Labute approximate surface area is 119 Å². The summed E-state index contributed by atoms with van der Waals surface area (Å²) in [6.45, 7) is 1.08. The third kappa shape index (κ3) is 3.11. The number of carbonyl (C=O) groups is 1. The van der Waals surface area contributed by atoms with Crippen molar-refractivity contribution in [2.75, 3.05) is 13.1 Å². The van der Waals surface area contributed by atoms with Gasteiger partial charge in [-0.25, -0.2) is 4.39 Å². The molecule has 0 radical (unpaired) electrons. The number of likely N-dealkylation sites (tertiary alicyclic amines) is 1. The zero-order valence-corrected chi connectivity index (χ0v) is 11.3. The van der Waals surface area contributed by atoms with E-state index < -0.39 is 47.6 Å². The molecule has 21 heavy (non-hydrogen) atoms. The van der Waals surface area contributed by atoms with E-state index in [0.717, 1.165) is 17.0 Å². The van der Waals surface area contributed by atoms with E-state index in [2.05, 4.69) is 0 Å². The molecular formula is C14H15F4NO2. The van der Waals surface area contributed by atoms with E-state index >= 15 is 0 Å². The summed E-state index contributed by atoms with van der Waals surface area (Å²) in [4.78, 5) is 13.1. The van der Waals surface area contributed by atoms with Gasteiger partial charge < -0.3 is 10.0 Å². The molecule has 1 aromatic carbocycles. The number of hydrogen-bond acceptors (Lipinski definition) is 2. The van der Waals surface area contributed by atoms with Crippen molar-refractivity contribution in [1.82, 2.24) is 4.90 Å². The molecule has 0 aromatic heterocycles. The number of phenolic OH excluding ortho intramolecular Hbond substituents is 1. The second-order valence-corrected chi connectivity index (χ2v) is 5.30. The zero-order chi connectivity index (χ0) is 15.8. The molecule has 7 heteroatoms. The summed E-state index contributed by atoms with van der Waals surface area (Å²) in [6.07, 6.45) is -4.22. The van der Waals surface area contributed by atoms with Gasteiger partial charge in [0.15, 0.2) is 0 Å². The topological polar surface area (TPSA) is 40.5 Å². The third-order valence-electron chi connectivity index (χ3n) is 3.87. The zero-order valence-electron chi connectivity index (χ0n) is 11.3. The van der Waals surface area contributed by atoms with Gasteiger partial charge in [0.1, 0.15) is 17.1 Å². The fourth-order valence-electron chi connectivity index (χ4n) is 2.56. The molecule has 1 saturated heterocycles. The number of nitrogens with zero attached hydrogens (tertiary/aromatic N) is 1. The van der Waals surface area contributed by atoms with Crippen LogP contribution in [0.25, 0.3) is 0 Å². The van der Waals surface area contributed by atoms with Gasteiger partial charge >= 0.3 is 6.18 Å². The highest BCUT2D eigenvalue weighted by molar-refractivity contribution is 5.97. The van der Waals surface area contributed by atoms with Gasteiger partial charge in [-0.2, -0.15) is 13.2 Å². The van der Waals surface area contributed by atoms with Crippen LogP contribution < -0.4 is 0 Å². The van der Waals surface area contributed by atoms with Crippen LogP contribution in [-0.4, -0.2) is 35.2 Å². The maximum Gasteiger partial charge on any atom is 0.393 e. The molecule has 1 fully saturated rings. The Kier molecular flexibility index (Phi) is 4.11. The first kappa shape index (κ1) is 15.6. The number of alkyl halides is 3. The first-order valence-electron chi connectivity index (χ1n) is 6.55. The van der Waals surface area contributed by atoms with Gasteiger partial charge in [0, 0.05) is 13.1 Å². The second-order valence-electron chi connectivity index (χ2n) is 5.30. The Morgan fingerprint density at radius 2 is 2.05 bits per heavy atom. The summed E-state index contributed by atoms with van der Waals surface area (Å²) >= 11 is 0. The first-order chi connectivity index (χ1) is 9.71. The standard InChI is InChI=1S/C14H15F4NO2/c1-8-5-6-19(7-9(8)14(16,17)18)13(21)12-10(15)3-2-4-11(12)20/h2-4,8-9,20H,5-7H2,1H3. The van der Waals surface area contributed by atoms with E-state index in [1.165, 1.54) is 13.0 Å². The summed E-state index contributed by atoms with van der Waals surface area (Å²) in [5.74, 6) is -4.65. The molecule has 0 bridgehead atoms. The molecule has 116 valence electrons. The summed E-state index contributed by atoms with van der Waals surface area (Å²) in [5, 5.41) is 9.56. The van der Waals surface area contributed by atoms with Crippen LogP contribution in [0.5, 0.6) is 5.75 Å². The van der Waals surface area contributed by atoms with Crippen molar-refractivity contribution < 1.29 is 27.5 Å². The fourth-order valence-corrected chi connectivity index (χ4v) is 2.56. The highest BCUT2D eigenvalue weighted by Crippen LogP contribution is 2.37. The molecule has 1 N–H and O–H groups in total. The molecular weight excluding hydrogens is 290 g/mol. The van der Waals surface area contributed by atoms with E-state index in [1.807, 2.05) is 0 Å². The number of amides is 1. The normalized spacial score (nSPS) is 23.2. The molecule has 0 saturated carbocycles. The van der Waals surface area contributed by atoms with Crippen molar-refractivity contribution in [2.45, 2.75) is 19.5 Å². The number of aromatic hydroxyl groups is 1. The monoisotopic (exact) mass is 305 g/mol. The number of hydrogen-bond donors (Lipinski definition) is 1. The Morgan fingerprint density at radius 1 is 1.38 bits per heavy atom. The number of piperidine rings is 1. The molecule has 1 aromatic rings. The SMILES string of the molecule is CC1CCN(C(=O)c2c(O)cccc2F)CC1C(F)(F)F. The number of carbonyl (C=O) groups excluding carboxylic acids is 1. The van der Waals surface area contributed by atoms with Crippen LogP contribution in [-0.2, 0) is 0 Å². The molecule has 1 heterocycles. The Hall–Kier alpha value is -1.79. The minimum Gasteiger partial charge on any atom is -0.507 e. The Bertz CT molecular complexity index is 524. The van der Waals surface area contributed by atoms with Gasteiger partial charge in [-0.1, -0.05) is 13.0 Å². The van der Waals surface area contributed by atoms with E-state index in [9.17, 15) is 27.5 Å². The predicted molar refractivity (Wildman–Crippen MR) is 67.3 cm³/mol. The largest absolute Gasteiger partial charge is 0.507 e. The molecule has 2 atom stereocenters. The smallest absolute Gasteiger partial charge is 0.393 e.